The van der Waals surface area contributed by atoms with Gasteiger partial charge in [0.05, 0.1) is 30.9 Å². The van der Waals surface area contributed by atoms with Gasteiger partial charge >= 0.3 is 14.0 Å². The summed E-state index contributed by atoms with van der Waals surface area (Å²) in [6, 6.07) is 12.8. The molecule has 1 unspecified atom stereocenters. The summed E-state index contributed by atoms with van der Waals surface area (Å²) >= 11 is 0.892. The number of nitrogens with zero attached hydrogens (tertiary/aromatic N) is 2. The van der Waals surface area contributed by atoms with Gasteiger partial charge in [0.25, 0.3) is 0 Å². The van der Waals surface area contributed by atoms with Gasteiger partial charge in [0.15, 0.2) is 0 Å². The number of alkyl halides is 3. The van der Waals surface area contributed by atoms with Gasteiger partial charge in [-0.1, -0.05) is 29.5 Å². The highest BCUT2D eigenvalue weighted by Crippen LogP contribution is 2.41. The monoisotopic (exact) mass is 547 g/mol. The fraction of sp³-hybridized carbons (Fsp3) is 0.364. The Kier molecular flexibility index (Phi) is 9.09. The minimum atomic E-state index is -4.76. The van der Waals surface area contributed by atoms with Crippen LogP contribution in [0.3, 0.4) is 0 Å². The molecule has 3 aromatic rings. The van der Waals surface area contributed by atoms with E-state index < -0.39 is 31.7 Å². The van der Waals surface area contributed by atoms with Gasteiger partial charge in [0.1, 0.15) is 21.5 Å². The third kappa shape index (κ3) is 8.26. The van der Waals surface area contributed by atoms with Crippen molar-refractivity contribution >= 4 is 19.2 Å². The average molecular weight is 547 g/mol. The lowest BCUT2D eigenvalue weighted by atomic mass is 10.1. The van der Waals surface area contributed by atoms with Crippen molar-refractivity contribution in [2.45, 2.75) is 31.5 Å². The van der Waals surface area contributed by atoms with E-state index >= 15 is 0 Å². The summed E-state index contributed by atoms with van der Waals surface area (Å²) < 4.78 is 67.5. The van der Waals surface area contributed by atoms with E-state index in [0.717, 1.165) is 23.2 Å². The number of phosphoric ester groups is 1. The van der Waals surface area contributed by atoms with Crippen molar-refractivity contribution in [2.24, 2.45) is 5.73 Å². The average Bonchev–Trinajstić information content (AvgIpc) is 3.31. The van der Waals surface area contributed by atoms with E-state index in [9.17, 15) is 17.7 Å². The van der Waals surface area contributed by atoms with E-state index in [4.69, 9.17) is 25.0 Å². The number of aromatic nitrogens is 2. The molecule has 196 valence electrons. The largest absolute Gasteiger partial charge is 0.494 e. The highest BCUT2D eigenvalue weighted by molar-refractivity contribution is 7.46. The molecule has 36 heavy (non-hydrogen) atoms. The van der Waals surface area contributed by atoms with E-state index in [-0.39, 0.29) is 27.9 Å². The molecule has 14 heteroatoms. The van der Waals surface area contributed by atoms with E-state index in [1.54, 1.807) is 0 Å². The number of phosphoric acid groups is 1. The lowest BCUT2D eigenvalue weighted by Gasteiger charge is -2.21. The number of benzene rings is 2. The molecule has 0 bridgehead atoms. The summed E-state index contributed by atoms with van der Waals surface area (Å²) in [5.41, 5.74) is 3.77. The molecule has 0 aliphatic heterocycles. The first kappa shape index (κ1) is 28.0. The lowest BCUT2D eigenvalue weighted by molar-refractivity contribution is -0.138. The maximum atomic E-state index is 13.7. The molecule has 0 spiro atoms. The number of unbranched alkanes of at least 4 members (excludes halogenated alkanes) is 1. The molecule has 0 aliphatic carbocycles. The van der Waals surface area contributed by atoms with Gasteiger partial charge in [0.2, 0.25) is 0 Å². The Morgan fingerprint density at radius 1 is 1.03 bits per heavy atom. The first-order valence-corrected chi connectivity index (χ1v) is 13.0. The third-order valence-electron chi connectivity index (χ3n) is 4.79. The second-order valence-corrected chi connectivity index (χ2v) is 10.2. The number of hydrogen-bond acceptors (Lipinski definition) is 8. The summed E-state index contributed by atoms with van der Waals surface area (Å²) in [5, 5.41) is 8.04. The Bertz CT molecular complexity index is 1190. The summed E-state index contributed by atoms with van der Waals surface area (Å²) in [4.78, 5) is 17.7. The summed E-state index contributed by atoms with van der Waals surface area (Å²) in [6.07, 6.45) is -3.57. The molecule has 1 aromatic heterocycles. The number of rotatable bonds is 12. The second kappa shape index (κ2) is 11.7. The Hall–Kier alpha value is -2.54. The zero-order valence-electron chi connectivity index (χ0n) is 19.1. The molecule has 3 rings (SSSR count). The van der Waals surface area contributed by atoms with Gasteiger partial charge in [0, 0.05) is 5.56 Å². The van der Waals surface area contributed by atoms with Gasteiger partial charge in [-0.15, -0.1) is 10.2 Å². The number of nitrogens with two attached hydrogens (primary N) is 1. The van der Waals surface area contributed by atoms with Crippen molar-refractivity contribution in [3.63, 3.8) is 0 Å². The topological polar surface area (TPSA) is 137 Å². The smallest absolute Gasteiger partial charge is 0.469 e. The summed E-state index contributed by atoms with van der Waals surface area (Å²) in [5.74, 6) is 0.413. The van der Waals surface area contributed by atoms with E-state index in [1.807, 2.05) is 30.3 Å². The Labute approximate surface area is 209 Å². The fourth-order valence-electron chi connectivity index (χ4n) is 2.95. The molecule has 1 heterocycles. The van der Waals surface area contributed by atoms with Crippen LogP contribution in [0.5, 0.6) is 11.5 Å². The molecular formula is C22H25F3N3O6PS. The molecule has 4 N–H and O–H groups in total. The maximum Gasteiger partial charge on any atom is 0.469 e. The zero-order valence-corrected chi connectivity index (χ0v) is 20.9. The van der Waals surface area contributed by atoms with Gasteiger partial charge in [-0.25, -0.2) is 4.57 Å². The van der Waals surface area contributed by atoms with Crippen molar-refractivity contribution in [3.05, 3.63) is 59.1 Å². The van der Waals surface area contributed by atoms with Gasteiger partial charge in [-0.05, 0) is 50.1 Å². The quantitative estimate of drug-likeness (QED) is 0.217. The molecule has 0 saturated heterocycles. The van der Waals surface area contributed by atoms with Crippen LogP contribution in [0.15, 0.2) is 48.5 Å². The van der Waals surface area contributed by atoms with Crippen molar-refractivity contribution < 1.29 is 41.5 Å². The predicted octanol–water partition coefficient (Wildman–Crippen LogP) is 4.75. The van der Waals surface area contributed by atoms with Crippen LogP contribution < -0.4 is 15.2 Å². The van der Waals surface area contributed by atoms with Crippen LogP contribution in [0.2, 0.25) is 0 Å². The van der Waals surface area contributed by atoms with Crippen LogP contribution >= 0.6 is 19.2 Å². The Balaban J connectivity index is 1.64. The molecule has 0 fully saturated rings. The maximum absolute atomic E-state index is 13.7. The van der Waals surface area contributed by atoms with E-state index in [0.29, 0.717) is 19.4 Å². The highest BCUT2D eigenvalue weighted by atomic mass is 32.1. The molecule has 9 nitrogen and oxygen atoms in total. The Morgan fingerprint density at radius 2 is 1.69 bits per heavy atom. The lowest BCUT2D eigenvalue weighted by Crippen LogP contribution is -2.37. The molecule has 0 saturated carbocycles. The molecular weight excluding hydrogens is 522 g/mol. The molecule has 0 radical (unpaired) electrons. The minimum Gasteiger partial charge on any atom is -0.494 e. The molecule has 0 aliphatic rings. The SMILES string of the molecule is CC(N)(COP(=O)(O)O)c1nnc(-c2ccc(OCCCCOc3ccccc3)c(C(F)(F)F)c2)s1. The van der Waals surface area contributed by atoms with Crippen LogP contribution in [0.4, 0.5) is 13.2 Å². The highest BCUT2D eigenvalue weighted by Gasteiger charge is 2.35. The predicted molar refractivity (Wildman–Crippen MR) is 127 cm³/mol. The second-order valence-electron chi connectivity index (χ2n) is 8.02. The standard InChI is InChI=1S/C22H25F3N3O6PS/c1-21(26,14-34-35(29,30)31)20-28-27-19(36-20)15-9-10-18(17(13-15)22(23,24)25)33-12-6-5-11-32-16-7-3-2-4-8-16/h2-4,7-10,13H,5-6,11-12,14,26H2,1H3,(H2,29,30,31). The van der Waals surface area contributed by atoms with Crippen molar-refractivity contribution in [2.75, 3.05) is 19.8 Å². The fourth-order valence-corrected chi connectivity index (χ4v) is 4.27. The zero-order chi connectivity index (χ0) is 26.4. The number of ether oxygens (including phenoxy) is 2. The van der Waals surface area contributed by atoms with Crippen molar-refractivity contribution in [3.8, 4) is 22.1 Å². The number of halogens is 3. The van der Waals surface area contributed by atoms with Gasteiger partial charge in [-0.3, -0.25) is 4.52 Å². The van der Waals surface area contributed by atoms with Gasteiger partial charge < -0.3 is 25.0 Å². The molecule has 1 atom stereocenters. The first-order chi connectivity index (χ1) is 16.9. The number of hydrogen-bond donors (Lipinski definition) is 3. The Morgan fingerprint density at radius 3 is 2.33 bits per heavy atom. The van der Waals surface area contributed by atoms with Crippen LogP contribution in [-0.4, -0.2) is 39.8 Å². The van der Waals surface area contributed by atoms with Crippen LogP contribution in [0.25, 0.3) is 10.6 Å². The molecule has 0 amide bonds. The summed E-state index contributed by atoms with van der Waals surface area (Å²) in [7, 11) is -4.76. The number of para-hydroxylation sites is 1. The van der Waals surface area contributed by atoms with E-state index in [2.05, 4.69) is 14.7 Å². The van der Waals surface area contributed by atoms with Crippen molar-refractivity contribution in [1.29, 1.82) is 0 Å². The normalized spacial score (nSPS) is 13.9. The minimum absolute atomic E-state index is 0.0780. The van der Waals surface area contributed by atoms with Crippen molar-refractivity contribution in [1.82, 2.24) is 10.2 Å². The summed E-state index contributed by atoms with van der Waals surface area (Å²) in [6.45, 7) is 1.34. The molecule has 2 aromatic carbocycles. The van der Waals surface area contributed by atoms with E-state index in [1.165, 1.54) is 19.1 Å². The first-order valence-electron chi connectivity index (χ1n) is 10.7. The van der Waals surface area contributed by atoms with Crippen LogP contribution in [-0.2, 0) is 20.8 Å². The van der Waals surface area contributed by atoms with Crippen LogP contribution in [0.1, 0.15) is 30.3 Å². The third-order valence-corrected chi connectivity index (χ3v) is 6.50. The van der Waals surface area contributed by atoms with Gasteiger partial charge in [-0.2, -0.15) is 13.2 Å². The van der Waals surface area contributed by atoms with Crippen LogP contribution in [0, 0.1) is 0 Å².